The molecule has 262 valence electrons. The van der Waals surface area contributed by atoms with E-state index in [-0.39, 0.29) is 29.0 Å². The van der Waals surface area contributed by atoms with Gasteiger partial charge in [-0.15, -0.1) is 0 Å². The van der Waals surface area contributed by atoms with Crippen molar-refractivity contribution in [2.45, 2.75) is 148 Å². The minimum atomic E-state index is -0.582. The normalized spacial score (nSPS) is 50.9. The molecule has 5 aliphatic carbocycles. The fourth-order valence-electron chi connectivity index (χ4n) is 14.8. The lowest BCUT2D eigenvalue weighted by molar-refractivity contribution is -0.180. The number of aliphatic hydroxyl groups is 3. The van der Waals surface area contributed by atoms with Crippen molar-refractivity contribution in [1.82, 2.24) is 4.90 Å². The zero-order valence-corrected chi connectivity index (χ0v) is 30.4. The summed E-state index contributed by atoms with van der Waals surface area (Å²) < 4.78 is 0. The third-order valence-corrected chi connectivity index (χ3v) is 16.7. The molecular weight excluding hydrogens is 578 g/mol. The van der Waals surface area contributed by atoms with E-state index in [1.54, 1.807) is 0 Å². The first-order chi connectivity index (χ1) is 22.4. The van der Waals surface area contributed by atoms with Crippen molar-refractivity contribution >= 4 is 0 Å². The number of benzene rings is 1. The van der Waals surface area contributed by atoms with Crippen LogP contribution >= 0.6 is 0 Å². The summed E-state index contributed by atoms with van der Waals surface area (Å²) >= 11 is 0. The van der Waals surface area contributed by atoms with Gasteiger partial charge in [-0.3, -0.25) is 4.90 Å². The van der Waals surface area contributed by atoms with E-state index >= 15 is 0 Å². The highest BCUT2D eigenvalue weighted by molar-refractivity contribution is 5.28. The predicted octanol–water partition coefficient (Wildman–Crippen LogP) is 7.91. The highest BCUT2D eigenvalue weighted by Crippen LogP contribution is 2.70. The van der Waals surface area contributed by atoms with Gasteiger partial charge in [-0.2, -0.15) is 0 Å². The van der Waals surface area contributed by atoms with Gasteiger partial charge in [0.1, 0.15) is 0 Å². The molecule has 4 nitrogen and oxygen atoms in total. The van der Waals surface area contributed by atoms with Crippen LogP contribution < -0.4 is 0 Å². The summed E-state index contributed by atoms with van der Waals surface area (Å²) in [7, 11) is 0. The Morgan fingerprint density at radius 3 is 2.40 bits per heavy atom. The number of aryl methyl sites for hydroxylation is 1. The van der Waals surface area contributed by atoms with Crippen LogP contribution in [0, 0.1) is 70.0 Å². The molecule has 0 amide bonds. The second-order valence-electron chi connectivity index (χ2n) is 19.8. The third kappa shape index (κ3) is 5.43. The molecule has 0 radical (unpaired) electrons. The zero-order valence-electron chi connectivity index (χ0n) is 30.4. The van der Waals surface area contributed by atoms with Crippen LogP contribution in [0.2, 0.25) is 0 Å². The summed E-state index contributed by atoms with van der Waals surface area (Å²) in [5.74, 6) is 5.99. The molecule has 7 aliphatic rings. The summed E-state index contributed by atoms with van der Waals surface area (Å²) in [5.41, 5.74) is 2.61. The fourth-order valence-corrected chi connectivity index (χ4v) is 14.8. The molecule has 7 fully saturated rings. The summed E-state index contributed by atoms with van der Waals surface area (Å²) in [4.78, 5) is 2.71. The molecule has 0 bridgehead atoms. The van der Waals surface area contributed by atoms with E-state index in [0.29, 0.717) is 53.4 Å². The first kappa shape index (κ1) is 33.2. The number of rotatable bonds is 5. The number of hydrogen-bond donors (Lipinski definition) is 3. The molecule has 0 unspecified atom stereocenters. The van der Waals surface area contributed by atoms with Crippen molar-refractivity contribution in [3.05, 3.63) is 35.4 Å². The second-order valence-corrected chi connectivity index (χ2v) is 19.8. The van der Waals surface area contributed by atoms with Gasteiger partial charge in [0, 0.05) is 19.1 Å². The van der Waals surface area contributed by atoms with E-state index in [2.05, 4.69) is 63.8 Å². The molecule has 47 heavy (non-hydrogen) atoms. The van der Waals surface area contributed by atoms with Crippen molar-refractivity contribution in [3.63, 3.8) is 0 Å². The van der Waals surface area contributed by atoms with Gasteiger partial charge >= 0.3 is 0 Å². The number of aliphatic hydroxyl groups excluding tert-OH is 2. The van der Waals surface area contributed by atoms with Gasteiger partial charge in [0.2, 0.25) is 0 Å². The Labute approximate surface area is 286 Å². The molecule has 15 atom stereocenters. The predicted molar refractivity (Wildman–Crippen MR) is 190 cm³/mol. The van der Waals surface area contributed by atoms with E-state index in [9.17, 15) is 15.3 Å². The van der Waals surface area contributed by atoms with Crippen LogP contribution in [0.25, 0.3) is 0 Å². The van der Waals surface area contributed by atoms with E-state index in [1.165, 1.54) is 62.6 Å². The smallest absolute Gasteiger partial charge is 0.0805 e. The molecule has 0 aromatic heterocycles. The lowest BCUT2D eigenvalue weighted by atomic mass is 9.46. The molecule has 1 aromatic rings. The highest BCUT2D eigenvalue weighted by Gasteiger charge is 2.67. The number of nitrogens with zero attached hydrogens (tertiary/aromatic N) is 1. The Morgan fingerprint density at radius 2 is 1.62 bits per heavy atom. The maximum absolute atomic E-state index is 12.2. The molecular formula is C43H67NO3. The highest BCUT2D eigenvalue weighted by atomic mass is 16.3. The van der Waals surface area contributed by atoms with Gasteiger partial charge < -0.3 is 15.3 Å². The van der Waals surface area contributed by atoms with E-state index in [1.807, 2.05) is 0 Å². The minimum Gasteiger partial charge on any atom is -0.393 e. The maximum atomic E-state index is 12.2. The van der Waals surface area contributed by atoms with E-state index in [4.69, 9.17) is 0 Å². The molecule has 2 aliphatic heterocycles. The van der Waals surface area contributed by atoms with Gasteiger partial charge in [-0.1, -0.05) is 52.0 Å². The van der Waals surface area contributed by atoms with Crippen LogP contribution in [0.5, 0.6) is 0 Å². The van der Waals surface area contributed by atoms with Crippen LogP contribution in [-0.2, 0) is 12.8 Å². The summed E-state index contributed by atoms with van der Waals surface area (Å²) in [5, 5.41) is 35.9. The molecule has 4 heteroatoms. The first-order valence-corrected chi connectivity index (χ1v) is 20.3. The van der Waals surface area contributed by atoms with Crippen LogP contribution in [0.1, 0.15) is 123 Å². The average molecular weight is 646 g/mol. The minimum absolute atomic E-state index is 0.0247. The molecule has 1 spiro atoms. The zero-order chi connectivity index (χ0) is 32.9. The van der Waals surface area contributed by atoms with Crippen molar-refractivity contribution in [1.29, 1.82) is 0 Å². The van der Waals surface area contributed by atoms with Gasteiger partial charge in [0.25, 0.3) is 0 Å². The second kappa shape index (κ2) is 12.1. The van der Waals surface area contributed by atoms with E-state index in [0.717, 1.165) is 57.4 Å². The van der Waals surface area contributed by atoms with Crippen LogP contribution in [0.3, 0.4) is 0 Å². The lowest BCUT2D eigenvalue weighted by Crippen LogP contribution is -2.67. The SMILES string of the molecule is CC(C)Cc1ccccc1CC[C@H]1CC[C@@]2(C1)C[C@]1(C)[C@@H]3C[C@H]4[C@H](CC[C@@H]5[C@H]4CN4C[C@H](C)CC[C@@H]4[C@@]5(C)O)[C@@H]3C[C@H](O)[C@@H]1C[C@H]2O. The maximum Gasteiger partial charge on any atom is 0.0805 e. The van der Waals surface area contributed by atoms with Gasteiger partial charge in [-0.05, 0) is 178 Å². The Hall–Kier alpha value is -0.940. The first-order valence-electron chi connectivity index (χ1n) is 20.3. The molecule has 1 aromatic carbocycles. The average Bonchev–Trinajstić information content (AvgIpc) is 3.60. The quantitative estimate of drug-likeness (QED) is 0.305. The monoisotopic (exact) mass is 646 g/mol. The Morgan fingerprint density at radius 1 is 0.830 bits per heavy atom. The molecule has 5 saturated carbocycles. The standard InChI is InChI=1S/C43H67NO3/c1-26(2)18-30-9-7-6-8-29(30)12-11-28-16-17-43(22-28)25-41(4)36-19-32-31(33(36)20-38(45)37(41)21-40(43)46)13-14-35-34(32)24-44-23-27(3)10-15-39(44)42(35,5)47/h6-9,26-28,31-40,45-47H,10-25H2,1-5H3/t27-,28+,31+,32+,33+,34+,35-,36-,37+,38+,39-,40-,41-,42+,43-/m1/s1. The largest absolute Gasteiger partial charge is 0.393 e. The number of hydrogen-bond acceptors (Lipinski definition) is 4. The van der Waals surface area contributed by atoms with Crippen LogP contribution in [-0.4, -0.2) is 57.2 Å². The van der Waals surface area contributed by atoms with Crippen molar-refractivity contribution in [2.24, 2.45) is 70.0 Å². The fraction of sp³-hybridized carbons (Fsp3) is 0.860. The van der Waals surface area contributed by atoms with Gasteiger partial charge in [0.05, 0.1) is 17.8 Å². The van der Waals surface area contributed by atoms with Crippen LogP contribution in [0.15, 0.2) is 24.3 Å². The van der Waals surface area contributed by atoms with Crippen molar-refractivity contribution in [3.8, 4) is 0 Å². The summed E-state index contributed by atoms with van der Waals surface area (Å²) in [6.07, 6.45) is 15.6. The molecule has 2 saturated heterocycles. The van der Waals surface area contributed by atoms with Crippen molar-refractivity contribution in [2.75, 3.05) is 13.1 Å². The molecule has 8 rings (SSSR count). The van der Waals surface area contributed by atoms with Gasteiger partial charge in [-0.25, -0.2) is 0 Å². The lowest BCUT2D eigenvalue weighted by Gasteiger charge is -2.60. The molecule has 3 N–H and O–H groups in total. The summed E-state index contributed by atoms with van der Waals surface area (Å²) in [6.45, 7) is 14.2. The molecule has 2 heterocycles. The third-order valence-electron chi connectivity index (χ3n) is 16.7. The Kier molecular flexibility index (Phi) is 8.54. The number of piperidine rings is 2. The van der Waals surface area contributed by atoms with Gasteiger partial charge in [0.15, 0.2) is 0 Å². The Bertz CT molecular complexity index is 1290. The van der Waals surface area contributed by atoms with Crippen LogP contribution in [0.4, 0.5) is 0 Å². The topological polar surface area (TPSA) is 63.9 Å². The summed E-state index contributed by atoms with van der Waals surface area (Å²) in [6, 6.07) is 9.45. The van der Waals surface area contributed by atoms with Crippen molar-refractivity contribution < 1.29 is 15.3 Å². The van der Waals surface area contributed by atoms with E-state index < -0.39 is 5.60 Å². The number of fused-ring (bicyclic) bond motifs is 8. The Balaban J connectivity index is 1.01.